The lowest BCUT2D eigenvalue weighted by Gasteiger charge is -2.06. The monoisotopic (exact) mass is 303 g/mol. The highest BCUT2D eigenvalue weighted by Crippen LogP contribution is 2.16. The number of nitrogens with zero attached hydrogens (tertiary/aromatic N) is 1. The van der Waals surface area contributed by atoms with E-state index in [0.29, 0.717) is 12.2 Å². The third-order valence-electron chi connectivity index (χ3n) is 2.66. The standard InChI is InChI=1S/C16H14ClNOS/c17-15-5-1-14(2-6-15)12-20-10-9-19-16-7-3-13(11-18)4-8-16/h1-8H,9-10,12H2. The normalized spacial score (nSPS) is 10.0. The maximum absolute atomic E-state index is 8.70. The van der Waals surface area contributed by atoms with E-state index in [4.69, 9.17) is 21.6 Å². The van der Waals surface area contributed by atoms with Gasteiger partial charge in [-0.2, -0.15) is 17.0 Å². The maximum atomic E-state index is 8.70. The van der Waals surface area contributed by atoms with E-state index in [1.165, 1.54) is 5.56 Å². The Morgan fingerprint density at radius 2 is 1.75 bits per heavy atom. The average molecular weight is 304 g/mol. The molecule has 0 saturated carbocycles. The Balaban J connectivity index is 1.66. The lowest BCUT2D eigenvalue weighted by Crippen LogP contribution is -2.00. The summed E-state index contributed by atoms with van der Waals surface area (Å²) in [6.45, 7) is 0.657. The number of hydrogen-bond donors (Lipinski definition) is 0. The van der Waals surface area contributed by atoms with Gasteiger partial charge in [-0.15, -0.1) is 0 Å². The molecule has 2 nitrogen and oxygen atoms in total. The maximum Gasteiger partial charge on any atom is 0.119 e. The van der Waals surface area contributed by atoms with Crippen molar-refractivity contribution in [2.45, 2.75) is 5.75 Å². The van der Waals surface area contributed by atoms with Crippen LogP contribution in [0, 0.1) is 11.3 Å². The van der Waals surface area contributed by atoms with E-state index in [9.17, 15) is 0 Å². The SMILES string of the molecule is N#Cc1ccc(OCCSCc2ccc(Cl)cc2)cc1. The molecular formula is C16H14ClNOS. The van der Waals surface area contributed by atoms with Gasteiger partial charge in [-0.3, -0.25) is 0 Å². The molecule has 0 spiro atoms. The van der Waals surface area contributed by atoms with Crippen LogP contribution in [0.3, 0.4) is 0 Å². The van der Waals surface area contributed by atoms with Gasteiger partial charge in [0.1, 0.15) is 5.75 Å². The average Bonchev–Trinajstić information content (AvgIpc) is 2.49. The number of ether oxygens (including phenoxy) is 1. The molecule has 0 aliphatic carbocycles. The molecule has 102 valence electrons. The third-order valence-corrected chi connectivity index (χ3v) is 3.91. The number of nitriles is 1. The molecule has 0 fully saturated rings. The molecule has 0 unspecified atom stereocenters. The van der Waals surface area contributed by atoms with Crippen molar-refractivity contribution >= 4 is 23.4 Å². The van der Waals surface area contributed by atoms with E-state index in [-0.39, 0.29) is 0 Å². The molecule has 0 amide bonds. The molecule has 0 heterocycles. The summed E-state index contributed by atoms with van der Waals surface area (Å²) >= 11 is 7.66. The molecule has 0 N–H and O–H groups in total. The van der Waals surface area contributed by atoms with Crippen LogP contribution in [0.15, 0.2) is 48.5 Å². The van der Waals surface area contributed by atoms with Crippen LogP contribution in [0.2, 0.25) is 5.02 Å². The van der Waals surface area contributed by atoms with E-state index < -0.39 is 0 Å². The van der Waals surface area contributed by atoms with Crippen molar-refractivity contribution in [1.82, 2.24) is 0 Å². The van der Waals surface area contributed by atoms with Gasteiger partial charge in [0.15, 0.2) is 0 Å². The Bertz CT molecular complexity index is 575. The third kappa shape index (κ3) is 4.80. The second-order valence-electron chi connectivity index (χ2n) is 4.16. The first-order valence-electron chi connectivity index (χ1n) is 6.23. The number of halogens is 1. The van der Waals surface area contributed by atoms with Crippen molar-refractivity contribution in [1.29, 1.82) is 5.26 Å². The van der Waals surface area contributed by atoms with Crippen molar-refractivity contribution in [3.63, 3.8) is 0 Å². The second kappa shape index (κ2) is 7.84. The van der Waals surface area contributed by atoms with Crippen LogP contribution in [0.1, 0.15) is 11.1 Å². The fraction of sp³-hybridized carbons (Fsp3) is 0.188. The van der Waals surface area contributed by atoms with Gasteiger partial charge in [-0.1, -0.05) is 23.7 Å². The highest BCUT2D eigenvalue weighted by atomic mass is 35.5. The predicted octanol–water partition coefficient (Wildman–Crippen LogP) is 4.52. The molecule has 0 bridgehead atoms. The topological polar surface area (TPSA) is 33.0 Å². The van der Waals surface area contributed by atoms with Crippen molar-refractivity contribution in [3.05, 3.63) is 64.7 Å². The molecule has 0 aliphatic rings. The van der Waals surface area contributed by atoms with E-state index in [1.54, 1.807) is 12.1 Å². The summed E-state index contributed by atoms with van der Waals surface area (Å²) in [6.07, 6.45) is 0. The Labute approximate surface area is 128 Å². The molecule has 4 heteroatoms. The van der Waals surface area contributed by atoms with Crippen molar-refractivity contribution < 1.29 is 4.74 Å². The number of benzene rings is 2. The first-order chi connectivity index (χ1) is 9.78. The molecule has 2 aromatic carbocycles. The van der Waals surface area contributed by atoms with Gasteiger partial charge in [0, 0.05) is 16.5 Å². The van der Waals surface area contributed by atoms with Crippen LogP contribution >= 0.6 is 23.4 Å². The smallest absolute Gasteiger partial charge is 0.119 e. The van der Waals surface area contributed by atoms with Crippen LogP contribution in [-0.2, 0) is 5.75 Å². The fourth-order valence-corrected chi connectivity index (χ4v) is 2.51. The molecule has 0 saturated heterocycles. The zero-order valence-electron chi connectivity index (χ0n) is 10.9. The summed E-state index contributed by atoms with van der Waals surface area (Å²) in [4.78, 5) is 0. The summed E-state index contributed by atoms with van der Waals surface area (Å²) in [6, 6.07) is 17.1. The van der Waals surface area contributed by atoms with E-state index >= 15 is 0 Å². The van der Waals surface area contributed by atoms with Crippen LogP contribution in [0.5, 0.6) is 5.75 Å². The number of thioether (sulfide) groups is 1. The van der Waals surface area contributed by atoms with Crippen LogP contribution < -0.4 is 4.74 Å². The molecule has 2 rings (SSSR count). The second-order valence-corrected chi connectivity index (χ2v) is 5.71. The molecule has 20 heavy (non-hydrogen) atoms. The Hall–Kier alpha value is -1.63. The van der Waals surface area contributed by atoms with Gasteiger partial charge in [-0.05, 0) is 42.0 Å². The first-order valence-corrected chi connectivity index (χ1v) is 7.76. The van der Waals surface area contributed by atoms with Gasteiger partial charge in [0.2, 0.25) is 0 Å². The van der Waals surface area contributed by atoms with E-state index in [1.807, 2.05) is 48.2 Å². The lowest BCUT2D eigenvalue weighted by molar-refractivity contribution is 0.344. The highest BCUT2D eigenvalue weighted by molar-refractivity contribution is 7.98. The number of hydrogen-bond acceptors (Lipinski definition) is 3. The summed E-state index contributed by atoms with van der Waals surface area (Å²) in [5.41, 5.74) is 1.91. The van der Waals surface area contributed by atoms with Gasteiger partial charge in [0.25, 0.3) is 0 Å². The first kappa shape index (κ1) is 14.8. The van der Waals surface area contributed by atoms with Gasteiger partial charge in [0.05, 0.1) is 18.2 Å². The molecular weight excluding hydrogens is 290 g/mol. The summed E-state index contributed by atoms with van der Waals surface area (Å²) < 4.78 is 5.61. The summed E-state index contributed by atoms with van der Waals surface area (Å²) in [7, 11) is 0. The molecule has 0 aromatic heterocycles. The minimum absolute atomic E-state index is 0.648. The van der Waals surface area contributed by atoms with E-state index in [2.05, 4.69) is 6.07 Å². The fourth-order valence-electron chi connectivity index (χ4n) is 1.61. The zero-order valence-corrected chi connectivity index (χ0v) is 12.5. The molecule has 2 aromatic rings. The summed E-state index contributed by atoms with van der Waals surface area (Å²) in [5.74, 6) is 2.67. The minimum atomic E-state index is 0.648. The van der Waals surface area contributed by atoms with Crippen LogP contribution in [-0.4, -0.2) is 12.4 Å². The largest absolute Gasteiger partial charge is 0.493 e. The van der Waals surface area contributed by atoms with Crippen molar-refractivity contribution in [2.24, 2.45) is 0 Å². The Morgan fingerprint density at radius 3 is 2.40 bits per heavy atom. The summed E-state index contributed by atoms with van der Waals surface area (Å²) in [5, 5.41) is 9.46. The Kier molecular flexibility index (Phi) is 5.79. The lowest BCUT2D eigenvalue weighted by atomic mass is 10.2. The Morgan fingerprint density at radius 1 is 1.05 bits per heavy atom. The van der Waals surface area contributed by atoms with Crippen molar-refractivity contribution in [2.75, 3.05) is 12.4 Å². The van der Waals surface area contributed by atoms with E-state index in [0.717, 1.165) is 22.3 Å². The van der Waals surface area contributed by atoms with Crippen molar-refractivity contribution in [3.8, 4) is 11.8 Å². The van der Waals surface area contributed by atoms with Gasteiger partial charge < -0.3 is 4.74 Å². The molecule has 0 aliphatic heterocycles. The van der Waals surface area contributed by atoms with Gasteiger partial charge >= 0.3 is 0 Å². The molecule has 0 atom stereocenters. The number of rotatable bonds is 6. The minimum Gasteiger partial charge on any atom is -0.493 e. The predicted molar refractivity (Wildman–Crippen MR) is 84.3 cm³/mol. The highest BCUT2D eigenvalue weighted by Gasteiger charge is 1.97. The quantitative estimate of drug-likeness (QED) is 0.735. The van der Waals surface area contributed by atoms with Gasteiger partial charge in [-0.25, -0.2) is 0 Å². The van der Waals surface area contributed by atoms with Crippen LogP contribution in [0.25, 0.3) is 0 Å². The van der Waals surface area contributed by atoms with Crippen LogP contribution in [0.4, 0.5) is 0 Å². The molecule has 0 radical (unpaired) electrons. The zero-order chi connectivity index (χ0) is 14.2.